The highest BCUT2D eigenvalue weighted by Crippen LogP contribution is 2.36. The molecule has 0 bridgehead atoms. The van der Waals surface area contributed by atoms with E-state index in [1.165, 1.54) is 5.56 Å². The summed E-state index contributed by atoms with van der Waals surface area (Å²) in [5, 5.41) is 4.18. The van der Waals surface area contributed by atoms with Gasteiger partial charge in [0.05, 0.1) is 11.4 Å². The number of aryl methyl sites for hydroxylation is 2. The minimum Gasteiger partial charge on any atom is -0.350 e. The van der Waals surface area contributed by atoms with Crippen LogP contribution >= 0.6 is 0 Å². The highest BCUT2D eigenvalue weighted by Gasteiger charge is 2.32. The SMILES string of the molecule is Cc1ccccc1-c1cnc(-c2cccnc2)nc1C1CCN(C(=O)c2onc3c2CCCC3)CC1. The van der Waals surface area contributed by atoms with Crippen molar-refractivity contribution in [1.82, 2.24) is 25.0 Å². The van der Waals surface area contributed by atoms with Crippen molar-refractivity contribution in [2.24, 2.45) is 0 Å². The van der Waals surface area contributed by atoms with Gasteiger partial charge in [-0.15, -0.1) is 0 Å². The van der Waals surface area contributed by atoms with Gasteiger partial charge in [0, 0.05) is 54.3 Å². The molecule has 1 amide bonds. The zero-order valence-electron chi connectivity index (χ0n) is 20.5. The van der Waals surface area contributed by atoms with Crippen molar-refractivity contribution in [3.8, 4) is 22.5 Å². The molecule has 1 fully saturated rings. The van der Waals surface area contributed by atoms with Crippen LogP contribution in [0.3, 0.4) is 0 Å². The van der Waals surface area contributed by atoms with Crippen molar-refractivity contribution >= 4 is 5.91 Å². The Bertz CT molecular complexity index is 1390. The third kappa shape index (κ3) is 4.19. The number of carbonyl (C=O) groups is 1. The van der Waals surface area contributed by atoms with Crippen LogP contribution in [-0.2, 0) is 12.8 Å². The molecule has 0 saturated carbocycles. The second kappa shape index (κ2) is 9.64. The van der Waals surface area contributed by atoms with Gasteiger partial charge in [-0.05, 0) is 68.7 Å². The number of pyridine rings is 1. The zero-order valence-corrected chi connectivity index (χ0v) is 20.5. The first-order valence-corrected chi connectivity index (χ1v) is 12.8. The second-order valence-electron chi connectivity index (χ2n) is 9.76. The van der Waals surface area contributed by atoms with Crippen LogP contribution in [0.25, 0.3) is 22.5 Å². The van der Waals surface area contributed by atoms with Crippen LogP contribution in [-0.4, -0.2) is 44.0 Å². The second-order valence-corrected chi connectivity index (χ2v) is 9.76. The van der Waals surface area contributed by atoms with Crippen LogP contribution in [0.1, 0.15) is 64.7 Å². The molecule has 0 atom stereocenters. The standard InChI is InChI=1S/C29H29N5O2/c1-19-7-2-3-9-22(19)24-18-31-28(21-8-6-14-30-17-21)32-26(24)20-12-15-34(16-13-20)29(35)27-23-10-4-5-11-25(23)33-36-27/h2-3,6-9,14,17-18,20H,4-5,10-13,15-16H2,1H3. The molecule has 0 unspecified atom stereocenters. The van der Waals surface area contributed by atoms with Crippen LogP contribution < -0.4 is 0 Å². The summed E-state index contributed by atoms with van der Waals surface area (Å²) in [5.74, 6) is 1.33. The summed E-state index contributed by atoms with van der Waals surface area (Å²) >= 11 is 0. The van der Waals surface area contributed by atoms with Gasteiger partial charge in [-0.1, -0.05) is 29.4 Å². The van der Waals surface area contributed by atoms with E-state index in [0.29, 0.717) is 24.7 Å². The number of fused-ring (bicyclic) bond motifs is 1. The summed E-state index contributed by atoms with van der Waals surface area (Å²) in [5.41, 5.74) is 7.34. The van der Waals surface area contributed by atoms with Crippen LogP contribution in [0, 0.1) is 6.92 Å². The summed E-state index contributed by atoms with van der Waals surface area (Å²) < 4.78 is 5.53. The lowest BCUT2D eigenvalue weighted by Gasteiger charge is -2.32. The maximum atomic E-state index is 13.3. The number of hydrogen-bond acceptors (Lipinski definition) is 6. The highest BCUT2D eigenvalue weighted by atomic mass is 16.5. The number of nitrogens with zero attached hydrogens (tertiary/aromatic N) is 5. The van der Waals surface area contributed by atoms with E-state index in [4.69, 9.17) is 14.5 Å². The summed E-state index contributed by atoms with van der Waals surface area (Å²) in [6.45, 7) is 3.45. The fraction of sp³-hybridized carbons (Fsp3) is 0.345. The molecular weight excluding hydrogens is 450 g/mol. The molecule has 1 aliphatic carbocycles. The summed E-state index contributed by atoms with van der Waals surface area (Å²) in [6.07, 6.45) is 11.2. The smallest absolute Gasteiger partial charge is 0.292 e. The van der Waals surface area contributed by atoms with E-state index in [2.05, 4.69) is 41.3 Å². The van der Waals surface area contributed by atoms with E-state index >= 15 is 0 Å². The molecule has 4 aromatic rings. The minimum atomic E-state index is -0.0260. The Labute approximate surface area is 210 Å². The fourth-order valence-electron chi connectivity index (χ4n) is 5.48. The molecule has 2 aliphatic rings. The Morgan fingerprint density at radius 1 is 1.00 bits per heavy atom. The first-order chi connectivity index (χ1) is 17.7. The number of aromatic nitrogens is 4. The number of amides is 1. The molecule has 4 heterocycles. The number of hydrogen-bond donors (Lipinski definition) is 0. The van der Waals surface area contributed by atoms with Gasteiger partial charge in [0.25, 0.3) is 5.91 Å². The molecule has 6 rings (SSSR count). The van der Waals surface area contributed by atoms with Crippen molar-refractivity contribution in [2.75, 3.05) is 13.1 Å². The summed E-state index contributed by atoms with van der Waals surface area (Å²) in [4.78, 5) is 29.3. The molecular formula is C29H29N5O2. The van der Waals surface area contributed by atoms with Gasteiger partial charge < -0.3 is 9.42 Å². The van der Waals surface area contributed by atoms with Crippen LogP contribution in [0.2, 0.25) is 0 Å². The molecule has 1 saturated heterocycles. The van der Waals surface area contributed by atoms with Gasteiger partial charge in [0.1, 0.15) is 0 Å². The van der Waals surface area contributed by atoms with Crippen molar-refractivity contribution in [1.29, 1.82) is 0 Å². The lowest BCUT2D eigenvalue weighted by Crippen LogP contribution is -2.38. The molecule has 3 aromatic heterocycles. The molecule has 36 heavy (non-hydrogen) atoms. The first kappa shape index (κ1) is 22.6. The van der Waals surface area contributed by atoms with E-state index < -0.39 is 0 Å². The van der Waals surface area contributed by atoms with Crippen molar-refractivity contribution < 1.29 is 9.32 Å². The number of likely N-dealkylation sites (tertiary alicyclic amines) is 1. The average Bonchev–Trinajstić information content (AvgIpc) is 3.38. The Hall–Kier alpha value is -3.87. The maximum Gasteiger partial charge on any atom is 0.292 e. The monoisotopic (exact) mass is 479 g/mol. The Morgan fingerprint density at radius 2 is 1.83 bits per heavy atom. The maximum absolute atomic E-state index is 13.3. The third-order valence-corrected chi connectivity index (χ3v) is 7.50. The quantitative estimate of drug-likeness (QED) is 0.390. The molecule has 0 radical (unpaired) electrons. The molecule has 0 N–H and O–H groups in total. The van der Waals surface area contributed by atoms with Gasteiger partial charge in [-0.25, -0.2) is 9.97 Å². The van der Waals surface area contributed by atoms with Crippen LogP contribution in [0.15, 0.2) is 59.5 Å². The van der Waals surface area contributed by atoms with E-state index in [1.807, 2.05) is 23.2 Å². The van der Waals surface area contributed by atoms with E-state index in [1.54, 1.807) is 12.4 Å². The first-order valence-electron chi connectivity index (χ1n) is 12.8. The van der Waals surface area contributed by atoms with Gasteiger partial charge in [0.2, 0.25) is 5.76 Å². The molecule has 7 heteroatoms. The topological polar surface area (TPSA) is 85.0 Å². The Balaban J connectivity index is 1.28. The van der Waals surface area contributed by atoms with E-state index in [9.17, 15) is 4.79 Å². The van der Waals surface area contributed by atoms with Gasteiger partial charge >= 0.3 is 0 Å². The predicted molar refractivity (Wildman–Crippen MR) is 136 cm³/mol. The summed E-state index contributed by atoms with van der Waals surface area (Å²) in [6, 6.07) is 12.2. The zero-order chi connectivity index (χ0) is 24.5. The molecule has 1 aromatic carbocycles. The lowest BCUT2D eigenvalue weighted by atomic mass is 9.87. The van der Waals surface area contributed by atoms with E-state index in [0.717, 1.165) is 72.2 Å². The largest absolute Gasteiger partial charge is 0.350 e. The Kier molecular flexibility index (Phi) is 6.05. The van der Waals surface area contributed by atoms with E-state index in [-0.39, 0.29) is 11.8 Å². The van der Waals surface area contributed by atoms with Crippen molar-refractivity contribution in [3.63, 3.8) is 0 Å². The lowest BCUT2D eigenvalue weighted by molar-refractivity contribution is 0.0668. The van der Waals surface area contributed by atoms with Crippen molar-refractivity contribution in [2.45, 2.75) is 51.4 Å². The summed E-state index contributed by atoms with van der Waals surface area (Å²) in [7, 11) is 0. The molecule has 7 nitrogen and oxygen atoms in total. The molecule has 0 spiro atoms. The average molecular weight is 480 g/mol. The minimum absolute atomic E-state index is 0.0260. The predicted octanol–water partition coefficient (Wildman–Crippen LogP) is 5.40. The molecule has 1 aliphatic heterocycles. The van der Waals surface area contributed by atoms with Crippen LogP contribution in [0.4, 0.5) is 0 Å². The Morgan fingerprint density at radius 3 is 2.64 bits per heavy atom. The number of carbonyl (C=O) groups excluding carboxylic acids is 1. The van der Waals surface area contributed by atoms with Gasteiger partial charge in [0.15, 0.2) is 5.82 Å². The normalized spacial score (nSPS) is 16.1. The third-order valence-electron chi connectivity index (χ3n) is 7.50. The molecule has 182 valence electrons. The number of piperidine rings is 1. The fourth-order valence-corrected chi connectivity index (χ4v) is 5.48. The van der Waals surface area contributed by atoms with Crippen LogP contribution in [0.5, 0.6) is 0 Å². The highest BCUT2D eigenvalue weighted by molar-refractivity contribution is 5.93. The van der Waals surface area contributed by atoms with Gasteiger partial charge in [-0.3, -0.25) is 9.78 Å². The number of benzene rings is 1. The van der Waals surface area contributed by atoms with Gasteiger partial charge in [-0.2, -0.15) is 0 Å². The number of rotatable bonds is 4. The van der Waals surface area contributed by atoms with Crippen molar-refractivity contribution in [3.05, 3.63) is 83.3 Å².